The molecule has 1 amide bonds. The summed E-state index contributed by atoms with van der Waals surface area (Å²) in [6.45, 7) is 0. The second-order valence-corrected chi connectivity index (χ2v) is 8.95. The van der Waals surface area contributed by atoms with Crippen LogP contribution in [-0.4, -0.2) is 33.8 Å². The number of hydrogen-bond acceptors (Lipinski definition) is 6. The number of carbonyl (C=O) groups excluding carboxylic acids is 2. The number of anilines is 1. The molecule has 3 aromatic carbocycles. The van der Waals surface area contributed by atoms with Gasteiger partial charge in [0.25, 0.3) is 0 Å². The van der Waals surface area contributed by atoms with Gasteiger partial charge in [0.1, 0.15) is 0 Å². The highest BCUT2D eigenvalue weighted by molar-refractivity contribution is 8.14. The number of amidine groups is 1. The first-order valence-corrected chi connectivity index (χ1v) is 11.8. The molecule has 5 rings (SSSR count). The molecule has 1 unspecified atom stereocenters. The zero-order valence-corrected chi connectivity index (χ0v) is 19.0. The molecule has 0 spiro atoms. The van der Waals surface area contributed by atoms with Gasteiger partial charge < -0.3 is 5.32 Å². The fraction of sp³-hybridized carbons (Fsp3) is 0.120. The Balaban J connectivity index is 1.32. The molecule has 0 saturated carbocycles. The van der Waals surface area contributed by atoms with E-state index in [-0.39, 0.29) is 23.5 Å². The summed E-state index contributed by atoms with van der Waals surface area (Å²) in [5, 5.41) is 10.3. The van der Waals surface area contributed by atoms with E-state index >= 15 is 0 Å². The molecule has 0 aromatic heterocycles. The number of benzene rings is 3. The molecule has 8 heteroatoms. The highest BCUT2D eigenvalue weighted by Crippen LogP contribution is 2.40. The molecule has 33 heavy (non-hydrogen) atoms. The maximum absolute atomic E-state index is 13.0. The highest BCUT2D eigenvalue weighted by atomic mass is 35.5. The average molecular weight is 475 g/mol. The van der Waals surface area contributed by atoms with Crippen molar-refractivity contribution in [2.24, 2.45) is 10.1 Å². The molecule has 1 N–H and O–H groups in total. The van der Waals surface area contributed by atoms with Gasteiger partial charge in [0.05, 0.1) is 23.2 Å². The molecular weight excluding hydrogens is 456 g/mol. The van der Waals surface area contributed by atoms with Gasteiger partial charge in [0.15, 0.2) is 11.0 Å². The Morgan fingerprint density at radius 2 is 1.85 bits per heavy atom. The van der Waals surface area contributed by atoms with Crippen LogP contribution in [0.5, 0.6) is 0 Å². The number of carbonyl (C=O) groups is 2. The monoisotopic (exact) mass is 474 g/mol. The summed E-state index contributed by atoms with van der Waals surface area (Å²) in [6, 6.07) is 21.9. The second kappa shape index (κ2) is 9.21. The topological polar surface area (TPSA) is 74.1 Å². The number of ketones is 1. The predicted molar refractivity (Wildman–Crippen MR) is 134 cm³/mol. The molecule has 0 radical (unpaired) electrons. The van der Waals surface area contributed by atoms with Crippen molar-refractivity contribution >= 4 is 57.8 Å². The Hall–Kier alpha value is -3.42. The number of nitrogens with one attached hydrogen (secondary N) is 1. The van der Waals surface area contributed by atoms with Crippen LogP contribution in [0.1, 0.15) is 33.9 Å². The largest absolute Gasteiger partial charge is 0.325 e. The van der Waals surface area contributed by atoms with Crippen molar-refractivity contribution in [1.82, 2.24) is 5.01 Å². The summed E-state index contributed by atoms with van der Waals surface area (Å²) in [7, 11) is 0. The van der Waals surface area contributed by atoms with E-state index < -0.39 is 0 Å². The SMILES string of the molecule is O=C(CSC1=Nc2ccccc2C2CC=NN12)Nc1ccc(Cl)cc1C(=O)c1ccccc1. The number of aliphatic imine (C=N–C) groups is 1. The molecule has 1 atom stereocenters. The van der Waals surface area contributed by atoms with Gasteiger partial charge in [-0.1, -0.05) is 71.9 Å². The first-order valence-electron chi connectivity index (χ1n) is 10.4. The lowest BCUT2D eigenvalue weighted by Gasteiger charge is -2.29. The molecule has 2 heterocycles. The van der Waals surface area contributed by atoms with Gasteiger partial charge in [0, 0.05) is 34.3 Å². The van der Waals surface area contributed by atoms with Crippen molar-refractivity contribution in [3.05, 3.63) is 94.5 Å². The minimum Gasteiger partial charge on any atom is -0.325 e. The quantitative estimate of drug-likeness (QED) is 0.483. The van der Waals surface area contributed by atoms with E-state index in [2.05, 4.69) is 16.5 Å². The van der Waals surface area contributed by atoms with Gasteiger partial charge in [-0.25, -0.2) is 10.0 Å². The molecule has 164 valence electrons. The Bertz CT molecular complexity index is 1290. The Kier molecular flexibility index (Phi) is 5.98. The average Bonchev–Trinajstić information content (AvgIpc) is 3.34. The third kappa shape index (κ3) is 4.42. The number of fused-ring (bicyclic) bond motifs is 3. The van der Waals surface area contributed by atoms with E-state index in [1.165, 1.54) is 11.8 Å². The van der Waals surface area contributed by atoms with Gasteiger partial charge in [0.2, 0.25) is 5.91 Å². The lowest BCUT2D eigenvalue weighted by Crippen LogP contribution is -2.29. The van der Waals surface area contributed by atoms with Gasteiger partial charge in [-0.3, -0.25) is 9.59 Å². The van der Waals surface area contributed by atoms with E-state index in [4.69, 9.17) is 16.6 Å². The molecule has 3 aromatic rings. The number of thioether (sulfide) groups is 1. The predicted octanol–water partition coefficient (Wildman–Crippen LogP) is 5.68. The van der Waals surface area contributed by atoms with Crippen molar-refractivity contribution < 1.29 is 9.59 Å². The molecule has 0 saturated heterocycles. The fourth-order valence-electron chi connectivity index (χ4n) is 3.86. The third-order valence-electron chi connectivity index (χ3n) is 5.41. The maximum atomic E-state index is 13.0. The van der Waals surface area contributed by atoms with E-state index in [0.29, 0.717) is 27.0 Å². The standard InChI is InChI=1S/C25H19ClN4O2S/c26-17-10-11-21(19(14-17)24(32)16-6-2-1-3-7-16)28-23(31)15-33-25-29-20-9-5-4-8-18(20)22-12-13-27-30(22)25/h1-11,13-14,22H,12,15H2,(H,28,31). The van der Waals surface area contributed by atoms with Gasteiger partial charge in [-0.05, 0) is 24.3 Å². The normalized spacial score (nSPS) is 16.1. The number of hydrogen-bond donors (Lipinski definition) is 1. The van der Waals surface area contributed by atoms with Crippen molar-refractivity contribution in [2.45, 2.75) is 12.5 Å². The molecule has 2 aliphatic heterocycles. The van der Waals surface area contributed by atoms with Crippen LogP contribution in [0.25, 0.3) is 0 Å². The first kappa shape index (κ1) is 21.4. The summed E-state index contributed by atoms with van der Waals surface area (Å²) in [5.41, 5.74) is 3.33. The van der Waals surface area contributed by atoms with E-state index in [9.17, 15) is 9.59 Å². The number of halogens is 1. The van der Waals surface area contributed by atoms with Crippen molar-refractivity contribution in [3.63, 3.8) is 0 Å². The zero-order valence-electron chi connectivity index (χ0n) is 17.4. The summed E-state index contributed by atoms with van der Waals surface area (Å²) in [4.78, 5) is 30.5. The molecule has 0 bridgehead atoms. The van der Waals surface area contributed by atoms with Crippen molar-refractivity contribution in [1.29, 1.82) is 0 Å². The van der Waals surface area contributed by atoms with E-state index in [1.807, 2.05) is 35.5 Å². The summed E-state index contributed by atoms with van der Waals surface area (Å²) >= 11 is 7.45. The summed E-state index contributed by atoms with van der Waals surface area (Å²) in [5.74, 6) is -0.323. The number of para-hydroxylation sites is 1. The van der Waals surface area contributed by atoms with Crippen LogP contribution < -0.4 is 5.32 Å². The Morgan fingerprint density at radius 3 is 2.70 bits per heavy atom. The molecule has 0 aliphatic carbocycles. The first-order chi connectivity index (χ1) is 16.1. The Labute approximate surface area is 200 Å². The minimum absolute atomic E-state index is 0.107. The summed E-state index contributed by atoms with van der Waals surface area (Å²) < 4.78 is 0. The highest BCUT2D eigenvalue weighted by Gasteiger charge is 2.32. The maximum Gasteiger partial charge on any atom is 0.234 e. The van der Waals surface area contributed by atoms with Crippen molar-refractivity contribution in [2.75, 3.05) is 11.1 Å². The molecule has 2 aliphatic rings. The van der Waals surface area contributed by atoms with Crippen LogP contribution in [0.15, 0.2) is 82.9 Å². The van der Waals surface area contributed by atoms with Gasteiger partial charge in [-0.15, -0.1) is 0 Å². The molecule has 0 fully saturated rings. The summed E-state index contributed by atoms with van der Waals surface area (Å²) in [6.07, 6.45) is 2.68. The fourth-order valence-corrected chi connectivity index (χ4v) is 4.83. The number of amides is 1. The van der Waals surface area contributed by atoms with E-state index in [1.54, 1.807) is 42.5 Å². The molecular formula is C25H19ClN4O2S. The van der Waals surface area contributed by atoms with Crippen LogP contribution in [0, 0.1) is 0 Å². The van der Waals surface area contributed by atoms with Crippen LogP contribution in [0.3, 0.4) is 0 Å². The van der Waals surface area contributed by atoms with Crippen LogP contribution in [0.4, 0.5) is 11.4 Å². The van der Waals surface area contributed by atoms with Crippen molar-refractivity contribution in [3.8, 4) is 0 Å². The van der Waals surface area contributed by atoms with Crippen LogP contribution in [-0.2, 0) is 4.79 Å². The van der Waals surface area contributed by atoms with Gasteiger partial charge in [-0.2, -0.15) is 5.10 Å². The number of hydrazone groups is 1. The smallest absolute Gasteiger partial charge is 0.234 e. The lowest BCUT2D eigenvalue weighted by molar-refractivity contribution is -0.113. The Morgan fingerprint density at radius 1 is 1.06 bits per heavy atom. The minimum atomic E-state index is -0.245. The van der Waals surface area contributed by atoms with Crippen LogP contribution >= 0.6 is 23.4 Å². The number of nitrogens with zero attached hydrogens (tertiary/aromatic N) is 3. The molecule has 6 nitrogen and oxygen atoms in total. The second-order valence-electron chi connectivity index (χ2n) is 7.57. The van der Waals surface area contributed by atoms with Gasteiger partial charge >= 0.3 is 0 Å². The lowest BCUT2D eigenvalue weighted by atomic mass is 10.0. The number of rotatable bonds is 5. The third-order valence-corrected chi connectivity index (χ3v) is 6.58. The van der Waals surface area contributed by atoms with E-state index in [0.717, 1.165) is 17.7 Å². The van der Waals surface area contributed by atoms with Crippen LogP contribution in [0.2, 0.25) is 5.02 Å². The zero-order chi connectivity index (χ0) is 22.8.